The van der Waals surface area contributed by atoms with Crippen molar-refractivity contribution in [2.24, 2.45) is 11.8 Å². The molecule has 3 N–H and O–H groups in total. The summed E-state index contributed by atoms with van der Waals surface area (Å²) in [7, 11) is 1.40. The van der Waals surface area contributed by atoms with Crippen LogP contribution in [0.1, 0.15) is 43.2 Å². The van der Waals surface area contributed by atoms with Gasteiger partial charge in [0.25, 0.3) is 0 Å². The predicted molar refractivity (Wildman–Crippen MR) is 130 cm³/mol. The zero-order chi connectivity index (χ0) is 24.9. The predicted octanol–water partition coefficient (Wildman–Crippen LogP) is 3.55. The maximum absolute atomic E-state index is 12.9. The van der Waals surface area contributed by atoms with Crippen LogP contribution in [0.2, 0.25) is 0 Å². The molecule has 0 aliphatic heterocycles. The lowest BCUT2D eigenvalue weighted by molar-refractivity contribution is -0.146. The molecule has 0 aromatic heterocycles. The minimum absolute atomic E-state index is 0.0504. The first-order chi connectivity index (χ1) is 16.9. The number of carboxylic acid groups (broad SMARTS) is 1. The van der Waals surface area contributed by atoms with Crippen LogP contribution in [0.3, 0.4) is 0 Å². The summed E-state index contributed by atoms with van der Waals surface area (Å²) < 4.78 is 10.7. The van der Waals surface area contributed by atoms with E-state index in [1.54, 1.807) is 6.92 Å². The van der Waals surface area contributed by atoms with E-state index < -0.39 is 36.0 Å². The first-order valence-electron chi connectivity index (χ1n) is 12.0. The molecule has 0 spiro atoms. The van der Waals surface area contributed by atoms with Crippen molar-refractivity contribution in [3.05, 3.63) is 59.7 Å². The summed E-state index contributed by atoms with van der Waals surface area (Å²) in [5.41, 5.74) is 4.55. The summed E-state index contributed by atoms with van der Waals surface area (Å²) in [6, 6.07) is 15.0. The standard InChI is InChI=1S/C27H32N2O6/c1-16(34-2)24(26(31)32)29-25(30)18(13-17-11-12-17)14-28-27(33)35-15-23-21-9-5-3-7-19(21)20-8-4-6-10-22(20)23/h3-10,16-18,23-24H,11-15H2,1-2H3,(H,28,33)(H,29,30)(H,31,32)/t16-,18?,24+/m1/s1. The first-order valence-corrected chi connectivity index (χ1v) is 12.0. The lowest BCUT2D eigenvalue weighted by atomic mass is 9.98. The number of methoxy groups -OCH3 is 1. The van der Waals surface area contributed by atoms with Crippen molar-refractivity contribution in [1.29, 1.82) is 0 Å². The summed E-state index contributed by atoms with van der Waals surface area (Å²) >= 11 is 0. The molecule has 2 aromatic carbocycles. The molecule has 0 bridgehead atoms. The lowest BCUT2D eigenvalue weighted by Crippen LogP contribution is -2.51. The van der Waals surface area contributed by atoms with Crippen LogP contribution in [-0.4, -0.2) is 55.5 Å². The second-order valence-corrected chi connectivity index (χ2v) is 9.35. The van der Waals surface area contributed by atoms with Gasteiger partial charge in [0.1, 0.15) is 6.61 Å². The summed E-state index contributed by atoms with van der Waals surface area (Å²) in [6.07, 6.45) is 1.37. The third-order valence-electron chi connectivity index (χ3n) is 6.93. The summed E-state index contributed by atoms with van der Waals surface area (Å²) in [5.74, 6) is -1.76. The Bertz CT molecular complexity index is 1040. The number of aliphatic carboxylic acids is 1. The van der Waals surface area contributed by atoms with Crippen LogP contribution < -0.4 is 10.6 Å². The largest absolute Gasteiger partial charge is 0.480 e. The average molecular weight is 481 g/mol. The SMILES string of the molecule is CO[C@H](C)[C@H](NC(=O)C(CNC(=O)OCC1c2ccccc2-c2ccccc21)CC1CC1)C(=O)O. The number of amides is 2. The van der Waals surface area contributed by atoms with E-state index in [1.807, 2.05) is 24.3 Å². The molecule has 2 aliphatic rings. The number of nitrogens with one attached hydrogen (secondary N) is 2. The van der Waals surface area contributed by atoms with Gasteiger partial charge in [-0.1, -0.05) is 61.4 Å². The monoisotopic (exact) mass is 480 g/mol. The van der Waals surface area contributed by atoms with Crippen molar-refractivity contribution in [2.45, 2.75) is 44.2 Å². The fourth-order valence-corrected chi connectivity index (χ4v) is 4.68. The van der Waals surface area contributed by atoms with Crippen molar-refractivity contribution in [2.75, 3.05) is 20.3 Å². The summed E-state index contributed by atoms with van der Waals surface area (Å²) in [4.78, 5) is 37.0. The third kappa shape index (κ3) is 5.82. The number of carbonyl (C=O) groups excluding carboxylic acids is 2. The number of fused-ring (bicyclic) bond motifs is 3. The van der Waals surface area contributed by atoms with E-state index in [0.29, 0.717) is 12.3 Å². The Balaban J connectivity index is 1.35. The van der Waals surface area contributed by atoms with Gasteiger partial charge in [-0.2, -0.15) is 0 Å². The molecule has 8 nitrogen and oxygen atoms in total. The smallest absolute Gasteiger partial charge is 0.407 e. The number of rotatable bonds is 11. The number of benzene rings is 2. The van der Waals surface area contributed by atoms with Crippen LogP contribution in [0.25, 0.3) is 11.1 Å². The molecule has 0 saturated heterocycles. The molecule has 3 atom stereocenters. The van der Waals surface area contributed by atoms with E-state index in [-0.39, 0.29) is 19.1 Å². The van der Waals surface area contributed by atoms with Gasteiger partial charge in [-0.15, -0.1) is 0 Å². The van der Waals surface area contributed by atoms with Crippen molar-refractivity contribution < 1.29 is 29.0 Å². The number of carbonyl (C=O) groups is 3. The van der Waals surface area contributed by atoms with Crippen molar-refractivity contribution in [1.82, 2.24) is 10.6 Å². The van der Waals surface area contributed by atoms with E-state index in [1.165, 1.54) is 7.11 Å². The van der Waals surface area contributed by atoms with Crippen molar-refractivity contribution in [3.8, 4) is 11.1 Å². The molecule has 2 aromatic rings. The fraction of sp³-hybridized carbons (Fsp3) is 0.444. The number of hydrogen-bond acceptors (Lipinski definition) is 5. The van der Waals surface area contributed by atoms with Crippen LogP contribution in [0.4, 0.5) is 4.79 Å². The lowest BCUT2D eigenvalue weighted by Gasteiger charge is -2.24. The molecule has 8 heteroatoms. The van der Waals surface area contributed by atoms with Gasteiger partial charge in [-0.05, 0) is 41.5 Å². The molecule has 1 fully saturated rings. The number of hydrogen-bond donors (Lipinski definition) is 3. The highest BCUT2D eigenvalue weighted by atomic mass is 16.5. The topological polar surface area (TPSA) is 114 Å². The second-order valence-electron chi connectivity index (χ2n) is 9.35. The van der Waals surface area contributed by atoms with Crippen molar-refractivity contribution >= 4 is 18.0 Å². The molecule has 0 radical (unpaired) electrons. The van der Waals surface area contributed by atoms with Gasteiger partial charge in [-0.3, -0.25) is 4.79 Å². The first kappa shape index (κ1) is 24.7. The number of alkyl carbamates (subject to hydrolysis) is 1. The Kier molecular flexibility index (Phi) is 7.70. The molecule has 1 unspecified atom stereocenters. The molecular formula is C27H32N2O6. The van der Waals surface area contributed by atoms with E-state index in [4.69, 9.17) is 9.47 Å². The Morgan fingerprint density at radius 1 is 1.03 bits per heavy atom. The second kappa shape index (κ2) is 10.9. The van der Waals surface area contributed by atoms with Gasteiger partial charge in [0, 0.05) is 19.6 Å². The van der Waals surface area contributed by atoms with Crippen LogP contribution in [0.5, 0.6) is 0 Å². The summed E-state index contributed by atoms with van der Waals surface area (Å²) in [6.45, 7) is 1.85. The van der Waals surface area contributed by atoms with Gasteiger partial charge >= 0.3 is 12.1 Å². The zero-order valence-corrected chi connectivity index (χ0v) is 20.0. The fourth-order valence-electron chi connectivity index (χ4n) is 4.68. The van der Waals surface area contributed by atoms with E-state index in [2.05, 4.69) is 34.9 Å². The maximum atomic E-state index is 12.9. The Morgan fingerprint density at radius 2 is 1.63 bits per heavy atom. The highest BCUT2D eigenvalue weighted by Gasteiger charge is 2.34. The van der Waals surface area contributed by atoms with Gasteiger partial charge in [0.05, 0.1) is 12.0 Å². The van der Waals surface area contributed by atoms with Crippen LogP contribution >= 0.6 is 0 Å². The molecule has 2 aliphatic carbocycles. The molecule has 186 valence electrons. The molecule has 4 rings (SSSR count). The molecule has 2 amide bonds. The minimum atomic E-state index is -1.16. The van der Waals surface area contributed by atoms with Gasteiger partial charge in [-0.25, -0.2) is 9.59 Å². The van der Waals surface area contributed by atoms with Gasteiger partial charge in [0.15, 0.2) is 6.04 Å². The summed E-state index contributed by atoms with van der Waals surface area (Å²) in [5, 5.41) is 14.7. The van der Waals surface area contributed by atoms with Gasteiger partial charge in [0.2, 0.25) is 5.91 Å². The van der Waals surface area contributed by atoms with Crippen LogP contribution in [-0.2, 0) is 19.1 Å². The van der Waals surface area contributed by atoms with E-state index >= 15 is 0 Å². The van der Waals surface area contributed by atoms with E-state index in [0.717, 1.165) is 35.1 Å². The number of carboxylic acids is 1. The highest BCUT2D eigenvalue weighted by molar-refractivity contribution is 5.86. The van der Waals surface area contributed by atoms with Gasteiger partial charge < -0.3 is 25.2 Å². The molecule has 0 heterocycles. The third-order valence-corrected chi connectivity index (χ3v) is 6.93. The molecular weight excluding hydrogens is 448 g/mol. The van der Waals surface area contributed by atoms with Crippen LogP contribution in [0.15, 0.2) is 48.5 Å². The Morgan fingerprint density at radius 3 is 2.17 bits per heavy atom. The van der Waals surface area contributed by atoms with E-state index in [9.17, 15) is 19.5 Å². The van der Waals surface area contributed by atoms with Crippen LogP contribution in [0, 0.1) is 11.8 Å². The highest BCUT2D eigenvalue weighted by Crippen LogP contribution is 2.44. The van der Waals surface area contributed by atoms with Crippen molar-refractivity contribution in [3.63, 3.8) is 0 Å². The quantitative estimate of drug-likeness (QED) is 0.453. The Labute approximate surface area is 205 Å². The maximum Gasteiger partial charge on any atom is 0.407 e. The molecule has 1 saturated carbocycles. The molecule has 35 heavy (non-hydrogen) atoms. The minimum Gasteiger partial charge on any atom is -0.480 e. The normalized spacial score (nSPS) is 17.0. The Hall–Kier alpha value is -3.39. The zero-order valence-electron chi connectivity index (χ0n) is 20.0. The average Bonchev–Trinajstić information content (AvgIpc) is 3.63. The number of ether oxygens (including phenoxy) is 2.